The first-order valence-corrected chi connectivity index (χ1v) is 11.1. The van der Waals surface area contributed by atoms with Gasteiger partial charge in [0.05, 0.1) is 6.07 Å². The molecule has 144 valence electrons. The first-order valence-electron chi connectivity index (χ1n) is 11.1. The van der Waals surface area contributed by atoms with Gasteiger partial charge < -0.3 is 0 Å². The highest BCUT2D eigenvalue weighted by atomic mass is 14.3. The highest BCUT2D eigenvalue weighted by Crippen LogP contribution is 2.37. The third-order valence-electron chi connectivity index (χ3n) is 6.68. The number of allylic oxidation sites excluding steroid dienone is 4. The molecule has 2 aliphatic carbocycles. The molecule has 0 aliphatic heterocycles. The average molecular weight is 362 g/mol. The van der Waals surface area contributed by atoms with Gasteiger partial charge in [0.1, 0.15) is 0 Å². The third-order valence-corrected chi connectivity index (χ3v) is 6.68. The Morgan fingerprint density at radius 2 is 1.33 bits per heavy atom. The molecule has 1 aromatic rings. The zero-order valence-electron chi connectivity index (χ0n) is 16.9. The van der Waals surface area contributed by atoms with Crippen LogP contribution >= 0.6 is 0 Å². The van der Waals surface area contributed by atoms with E-state index in [1.165, 1.54) is 69.8 Å². The van der Waals surface area contributed by atoms with Crippen molar-refractivity contribution in [1.82, 2.24) is 0 Å². The van der Waals surface area contributed by atoms with Gasteiger partial charge in [0, 0.05) is 6.08 Å². The van der Waals surface area contributed by atoms with E-state index < -0.39 is 0 Å². The summed E-state index contributed by atoms with van der Waals surface area (Å²) in [6, 6.07) is 11.6. The summed E-state index contributed by atoms with van der Waals surface area (Å²) in [6.07, 6.45) is 21.7. The molecular weight excluding hydrogens is 326 g/mol. The number of hydrogen-bond acceptors (Lipinski definition) is 1. The maximum atomic E-state index is 8.65. The maximum Gasteiger partial charge on any atom is 0.0908 e. The van der Waals surface area contributed by atoms with Crippen LogP contribution in [0, 0.1) is 29.1 Å². The van der Waals surface area contributed by atoms with Crippen LogP contribution in [-0.2, 0) is 6.42 Å². The summed E-state index contributed by atoms with van der Waals surface area (Å²) < 4.78 is 0. The van der Waals surface area contributed by atoms with E-state index in [4.69, 9.17) is 5.26 Å². The third kappa shape index (κ3) is 6.10. The molecule has 0 bridgehead atoms. The molecule has 0 aromatic heterocycles. The number of hydrogen-bond donors (Lipinski definition) is 0. The zero-order valence-corrected chi connectivity index (χ0v) is 16.9. The van der Waals surface area contributed by atoms with Crippen LogP contribution in [0.25, 0.3) is 0 Å². The molecule has 1 nitrogen and oxygen atoms in total. The normalized spacial score (nSPS) is 29.2. The second-order valence-electron chi connectivity index (χ2n) is 8.65. The molecule has 3 rings (SSSR count). The molecule has 0 atom stereocenters. The van der Waals surface area contributed by atoms with Crippen molar-refractivity contribution < 1.29 is 0 Å². The standard InChI is InChI=1S/C26H35N/c1-2-4-21-12-16-25(17-13-21)26-18-14-24(15-19-26)11-10-23-8-6-22(7-9-23)5-3-20-27/h3,5,10-13,16-17,22-24,26H,2,4,6-9,14-15,18-19H2,1H3. The van der Waals surface area contributed by atoms with Crippen LogP contribution in [0.1, 0.15) is 81.8 Å². The second kappa shape index (κ2) is 10.5. The molecule has 2 aliphatic rings. The number of nitrogens with zero attached hydrogens (tertiary/aromatic N) is 1. The van der Waals surface area contributed by atoms with Crippen LogP contribution in [0.2, 0.25) is 0 Å². The fourth-order valence-electron chi connectivity index (χ4n) is 4.91. The van der Waals surface area contributed by atoms with Crippen LogP contribution in [0.4, 0.5) is 0 Å². The van der Waals surface area contributed by atoms with Crippen LogP contribution in [-0.4, -0.2) is 0 Å². The fourth-order valence-corrected chi connectivity index (χ4v) is 4.91. The molecule has 1 aromatic carbocycles. The van der Waals surface area contributed by atoms with E-state index in [2.05, 4.69) is 55.5 Å². The van der Waals surface area contributed by atoms with Crippen molar-refractivity contribution in [2.24, 2.45) is 17.8 Å². The lowest BCUT2D eigenvalue weighted by Crippen LogP contribution is -2.14. The molecule has 1 heteroatoms. The van der Waals surface area contributed by atoms with Gasteiger partial charge in [-0.25, -0.2) is 0 Å². The summed E-state index contributed by atoms with van der Waals surface area (Å²) in [5.74, 6) is 2.96. The summed E-state index contributed by atoms with van der Waals surface area (Å²) >= 11 is 0. The van der Waals surface area contributed by atoms with Crippen molar-refractivity contribution in [3.05, 3.63) is 59.7 Å². The number of rotatable bonds is 6. The van der Waals surface area contributed by atoms with Gasteiger partial charge in [-0.05, 0) is 92.6 Å². The minimum absolute atomic E-state index is 0.633. The Balaban J connectivity index is 1.41. The predicted octanol–water partition coefficient (Wildman–Crippen LogP) is 7.36. The first kappa shape index (κ1) is 19.9. The Labute approximate surface area is 166 Å². The minimum Gasteiger partial charge on any atom is -0.193 e. The Kier molecular flexibility index (Phi) is 7.76. The van der Waals surface area contributed by atoms with Crippen LogP contribution in [0.15, 0.2) is 48.6 Å². The molecular formula is C26H35N. The van der Waals surface area contributed by atoms with Gasteiger partial charge in [0.2, 0.25) is 0 Å². The van der Waals surface area contributed by atoms with Crippen molar-refractivity contribution in [1.29, 1.82) is 5.26 Å². The molecule has 2 saturated carbocycles. The Morgan fingerprint density at radius 3 is 1.85 bits per heavy atom. The zero-order chi connectivity index (χ0) is 18.9. The van der Waals surface area contributed by atoms with Crippen LogP contribution in [0.5, 0.6) is 0 Å². The Morgan fingerprint density at radius 1 is 0.815 bits per heavy atom. The van der Waals surface area contributed by atoms with Gasteiger partial charge in [-0.3, -0.25) is 0 Å². The topological polar surface area (TPSA) is 23.8 Å². The van der Waals surface area contributed by atoms with E-state index in [0.717, 1.165) is 17.8 Å². The highest BCUT2D eigenvalue weighted by Gasteiger charge is 2.22. The predicted molar refractivity (Wildman–Crippen MR) is 114 cm³/mol. The lowest BCUT2D eigenvalue weighted by Gasteiger charge is -2.28. The smallest absolute Gasteiger partial charge is 0.0908 e. The maximum absolute atomic E-state index is 8.65. The summed E-state index contributed by atoms with van der Waals surface area (Å²) in [5.41, 5.74) is 3.04. The molecule has 0 amide bonds. The SMILES string of the molecule is CCCc1ccc(C2CCC(C=CC3CCC(C=CC#N)CC3)CC2)cc1. The molecule has 2 fully saturated rings. The van der Waals surface area contributed by atoms with E-state index in [1.54, 1.807) is 11.6 Å². The van der Waals surface area contributed by atoms with E-state index in [9.17, 15) is 0 Å². The van der Waals surface area contributed by atoms with Gasteiger partial charge >= 0.3 is 0 Å². The van der Waals surface area contributed by atoms with Gasteiger partial charge in [-0.15, -0.1) is 0 Å². The van der Waals surface area contributed by atoms with Crippen LogP contribution < -0.4 is 0 Å². The monoisotopic (exact) mass is 361 g/mol. The summed E-state index contributed by atoms with van der Waals surface area (Å²) in [7, 11) is 0. The van der Waals surface area contributed by atoms with E-state index in [1.807, 2.05) is 0 Å². The molecule has 0 heterocycles. The van der Waals surface area contributed by atoms with Crippen molar-refractivity contribution in [2.75, 3.05) is 0 Å². The molecule has 27 heavy (non-hydrogen) atoms. The van der Waals surface area contributed by atoms with E-state index in [0.29, 0.717) is 5.92 Å². The number of benzene rings is 1. The lowest BCUT2D eigenvalue weighted by atomic mass is 9.77. The molecule has 0 spiro atoms. The largest absolute Gasteiger partial charge is 0.193 e. The van der Waals surface area contributed by atoms with E-state index >= 15 is 0 Å². The minimum atomic E-state index is 0.633. The number of nitriles is 1. The molecule has 0 unspecified atom stereocenters. The van der Waals surface area contributed by atoms with Gasteiger partial charge in [-0.2, -0.15) is 5.26 Å². The van der Waals surface area contributed by atoms with Gasteiger partial charge in [0.15, 0.2) is 0 Å². The van der Waals surface area contributed by atoms with Crippen molar-refractivity contribution in [3.8, 4) is 6.07 Å². The highest BCUT2D eigenvalue weighted by molar-refractivity contribution is 5.26. The molecule has 0 saturated heterocycles. The lowest BCUT2D eigenvalue weighted by molar-refractivity contribution is 0.348. The van der Waals surface area contributed by atoms with Crippen molar-refractivity contribution in [3.63, 3.8) is 0 Å². The van der Waals surface area contributed by atoms with Crippen molar-refractivity contribution in [2.45, 2.75) is 77.0 Å². The quantitative estimate of drug-likeness (QED) is 0.383. The van der Waals surface area contributed by atoms with Gasteiger partial charge in [0.25, 0.3) is 0 Å². The summed E-state index contributed by atoms with van der Waals surface area (Å²) in [5, 5.41) is 8.65. The summed E-state index contributed by atoms with van der Waals surface area (Å²) in [6.45, 7) is 2.25. The first-order chi connectivity index (χ1) is 13.3. The summed E-state index contributed by atoms with van der Waals surface area (Å²) in [4.78, 5) is 0. The fraction of sp³-hybridized carbons (Fsp3) is 0.577. The van der Waals surface area contributed by atoms with Gasteiger partial charge in [-0.1, -0.05) is 55.8 Å². The number of aryl methyl sites for hydroxylation is 1. The molecule has 0 radical (unpaired) electrons. The van der Waals surface area contributed by atoms with Crippen molar-refractivity contribution >= 4 is 0 Å². The second-order valence-corrected chi connectivity index (χ2v) is 8.65. The Bertz CT molecular complexity index is 644. The van der Waals surface area contributed by atoms with Crippen LogP contribution in [0.3, 0.4) is 0 Å². The average Bonchev–Trinajstić information content (AvgIpc) is 2.73. The molecule has 0 N–H and O–H groups in total. The van der Waals surface area contributed by atoms with E-state index in [-0.39, 0.29) is 0 Å². The Hall–Kier alpha value is -1.81.